The molecule has 1 N–H and O–H groups in total. The van der Waals surface area contributed by atoms with Gasteiger partial charge in [-0.05, 0) is 47.3 Å². The number of benzene rings is 1. The normalized spacial score (nSPS) is 14.9. The predicted molar refractivity (Wildman–Crippen MR) is 71.3 cm³/mol. The lowest BCUT2D eigenvalue weighted by Crippen LogP contribution is -1.91. The highest BCUT2D eigenvalue weighted by atomic mass is 32.2. The molecule has 0 unspecified atom stereocenters. The van der Waals surface area contributed by atoms with Crippen molar-refractivity contribution >= 4 is 16.7 Å². The Hall–Kier alpha value is -1.92. The molecule has 1 aromatic rings. The quantitative estimate of drug-likeness (QED) is 0.813. The third-order valence-electron chi connectivity index (χ3n) is 2.66. The van der Waals surface area contributed by atoms with Crippen LogP contribution in [0.4, 0.5) is 0 Å². The first kappa shape index (κ1) is 11.6. The number of phenols is 1. The Morgan fingerprint density at radius 1 is 1.41 bits per heavy atom. The molecule has 1 aliphatic rings. The fourth-order valence-electron chi connectivity index (χ4n) is 1.60. The fourth-order valence-corrected chi connectivity index (χ4v) is 2.53. The Bertz CT molecular complexity index is 591. The Labute approximate surface area is 105 Å². The van der Waals surface area contributed by atoms with Gasteiger partial charge in [-0.3, -0.25) is 0 Å². The highest BCUT2D eigenvalue weighted by Crippen LogP contribution is 2.39. The third kappa shape index (κ3) is 2.13. The second-order valence-corrected chi connectivity index (χ2v) is 4.66. The summed E-state index contributed by atoms with van der Waals surface area (Å²) in [6, 6.07) is 7.04. The number of hydrogen-bond donors (Lipinski definition) is 1. The topological polar surface area (TPSA) is 44.0 Å². The molecule has 0 fully saturated rings. The van der Waals surface area contributed by atoms with Gasteiger partial charge in [0.2, 0.25) is 0 Å². The van der Waals surface area contributed by atoms with Crippen molar-refractivity contribution in [3.8, 4) is 11.8 Å². The van der Waals surface area contributed by atoms with Crippen LogP contribution in [-0.2, 0) is 0 Å². The van der Waals surface area contributed by atoms with E-state index in [4.69, 9.17) is 5.26 Å². The van der Waals surface area contributed by atoms with E-state index in [1.807, 2.05) is 30.5 Å². The zero-order chi connectivity index (χ0) is 12.4. The predicted octanol–water partition coefficient (Wildman–Crippen LogP) is 3.81. The molecule has 0 amide bonds. The molecule has 1 heterocycles. The fraction of sp³-hybridized carbons (Fsp3) is 0.0714. The summed E-state index contributed by atoms with van der Waals surface area (Å²) >= 11 is 1.59. The van der Waals surface area contributed by atoms with Crippen LogP contribution in [-0.4, -0.2) is 5.11 Å². The number of aromatic hydroxyl groups is 1. The van der Waals surface area contributed by atoms with Crippen molar-refractivity contribution < 1.29 is 5.11 Å². The van der Waals surface area contributed by atoms with E-state index in [1.165, 1.54) is 0 Å². The third-order valence-corrected chi connectivity index (χ3v) is 3.71. The molecule has 0 atom stereocenters. The summed E-state index contributed by atoms with van der Waals surface area (Å²) < 4.78 is 0. The standard InChI is InChI=1S/C14H11NOS/c1-9-5-6-17-14(10(9)2)11-3-4-12(8-15)13(16)7-11/h3-7,16H,1H2,2H3. The van der Waals surface area contributed by atoms with Crippen LogP contribution in [0.2, 0.25) is 0 Å². The Kier molecular flexibility index (Phi) is 3.08. The highest BCUT2D eigenvalue weighted by molar-refractivity contribution is 8.11. The first-order valence-electron chi connectivity index (χ1n) is 5.10. The van der Waals surface area contributed by atoms with Gasteiger partial charge < -0.3 is 5.11 Å². The molecule has 0 bridgehead atoms. The lowest BCUT2D eigenvalue weighted by molar-refractivity contribution is 0.473. The van der Waals surface area contributed by atoms with Crippen LogP contribution >= 0.6 is 11.8 Å². The Morgan fingerprint density at radius 3 is 2.82 bits per heavy atom. The number of thioether (sulfide) groups is 1. The molecule has 84 valence electrons. The zero-order valence-corrected chi connectivity index (χ0v) is 10.2. The smallest absolute Gasteiger partial charge is 0.133 e. The van der Waals surface area contributed by atoms with Crippen LogP contribution < -0.4 is 0 Å². The van der Waals surface area contributed by atoms with Gasteiger partial charge in [0.05, 0.1) is 5.56 Å². The summed E-state index contributed by atoms with van der Waals surface area (Å²) in [5.41, 5.74) is 3.28. The molecule has 17 heavy (non-hydrogen) atoms. The molecule has 1 aliphatic heterocycles. The van der Waals surface area contributed by atoms with Gasteiger partial charge in [0.1, 0.15) is 11.8 Å². The SMILES string of the molecule is C=C1C=CSC(c2ccc(C#N)c(O)c2)=C1C. The van der Waals surface area contributed by atoms with E-state index >= 15 is 0 Å². The Morgan fingerprint density at radius 2 is 2.18 bits per heavy atom. The molecule has 3 heteroatoms. The summed E-state index contributed by atoms with van der Waals surface area (Å²) in [4.78, 5) is 1.07. The number of allylic oxidation sites excluding steroid dienone is 3. The maximum Gasteiger partial charge on any atom is 0.133 e. The average molecular weight is 241 g/mol. The summed E-state index contributed by atoms with van der Waals surface area (Å²) in [5, 5.41) is 20.4. The van der Waals surface area contributed by atoms with Crippen molar-refractivity contribution in [2.75, 3.05) is 0 Å². The van der Waals surface area contributed by atoms with Crippen LogP contribution in [0.3, 0.4) is 0 Å². The first-order valence-corrected chi connectivity index (χ1v) is 5.98. The van der Waals surface area contributed by atoms with Crippen LogP contribution in [0.15, 0.2) is 47.4 Å². The molecule has 0 aromatic heterocycles. The van der Waals surface area contributed by atoms with Crippen LogP contribution in [0.1, 0.15) is 18.1 Å². The van der Waals surface area contributed by atoms with Gasteiger partial charge in [-0.25, -0.2) is 0 Å². The highest BCUT2D eigenvalue weighted by Gasteiger charge is 2.12. The molecule has 0 spiro atoms. The van der Waals surface area contributed by atoms with Crippen molar-refractivity contribution in [2.24, 2.45) is 0 Å². The number of nitrogens with zero attached hydrogens (tertiary/aromatic N) is 1. The maximum absolute atomic E-state index is 9.68. The van der Waals surface area contributed by atoms with Crippen molar-refractivity contribution in [1.82, 2.24) is 0 Å². The molecule has 0 aliphatic carbocycles. The summed E-state index contributed by atoms with van der Waals surface area (Å²) in [5.74, 6) is 0.0195. The molecular weight excluding hydrogens is 230 g/mol. The minimum absolute atomic E-state index is 0.0195. The van der Waals surface area contributed by atoms with Crippen LogP contribution in [0.25, 0.3) is 4.91 Å². The Balaban J connectivity index is 2.49. The molecule has 0 saturated carbocycles. The van der Waals surface area contributed by atoms with E-state index in [2.05, 4.69) is 6.58 Å². The van der Waals surface area contributed by atoms with E-state index in [-0.39, 0.29) is 5.75 Å². The molecular formula is C14H11NOS. The summed E-state index contributed by atoms with van der Waals surface area (Å²) in [7, 11) is 0. The molecule has 2 nitrogen and oxygen atoms in total. The monoisotopic (exact) mass is 241 g/mol. The van der Waals surface area contributed by atoms with E-state index in [1.54, 1.807) is 23.9 Å². The zero-order valence-electron chi connectivity index (χ0n) is 9.40. The average Bonchev–Trinajstić information content (AvgIpc) is 2.32. The van der Waals surface area contributed by atoms with Gasteiger partial charge >= 0.3 is 0 Å². The molecule has 2 rings (SSSR count). The van der Waals surface area contributed by atoms with Gasteiger partial charge in [-0.2, -0.15) is 5.26 Å². The van der Waals surface area contributed by atoms with Gasteiger partial charge in [0, 0.05) is 4.91 Å². The first-order chi connectivity index (χ1) is 8.13. The number of phenolic OH excluding ortho intramolecular Hbond substituents is 1. The number of nitriles is 1. The van der Waals surface area contributed by atoms with Gasteiger partial charge in [0.25, 0.3) is 0 Å². The van der Waals surface area contributed by atoms with E-state index < -0.39 is 0 Å². The molecule has 1 aromatic carbocycles. The van der Waals surface area contributed by atoms with Gasteiger partial charge in [-0.1, -0.05) is 24.4 Å². The van der Waals surface area contributed by atoms with Crippen LogP contribution in [0, 0.1) is 11.3 Å². The van der Waals surface area contributed by atoms with Crippen molar-refractivity contribution in [3.63, 3.8) is 0 Å². The van der Waals surface area contributed by atoms with Crippen molar-refractivity contribution in [3.05, 3.63) is 58.5 Å². The minimum atomic E-state index is 0.0195. The summed E-state index contributed by atoms with van der Waals surface area (Å²) in [6.07, 6.45) is 1.97. The van der Waals surface area contributed by atoms with Crippen molar-refractivity contribution in [2.45, 2.75) is 6.92 Å². The van der Waals surface area contributed by atoms with Gasteiger partial charge in [-0.15, -0.1) is 0 Å². The van der Waals surface area contributed by atoms with Crippen molar-refractivity contribution in [1.29, 1.82) is 5.26 Å². The second-order valence-electron chi connectivity index (χ2n) is 3.74. The largest absolute Gasteiger partial charge is 0.507 e. The van der Waals surface area contributed by atoms with E-state index in [0.717, 1.165) is 21.6 Å². The molecule has 0 saturated heterocycles. The summed E-state index contributed by atoms with van der Waals surface area (Å²) in [6.45, 7) is 5.96. The lowest BCUT2D eigenvalue weighted by Gasteiger charge is -2.15. The molecule has 0 radical (unpaired) electrons. The number of rotatable bonds is 1. The second kappa shape index (κ2) is 4.52. The van der Waals surface area contributed by atoms with E-state index in [0.29, 0.717) is 5.56 Å². The lowest BCUT2D eigenvalue weighted by atomic mass is 10.0. The minimum Gasteiger partial charge on any atom is -0.507 e. The van der Waals surface area contributed by atoms with E-state index in [9.17, 15) is 5.11 Å². The van der Waals surface area contributed by atoms with Crippen LogP contribution in [0.5, 0.6) is 5.75 Å². The maximum atomic E-state index is 9.68. The van der Waals surface area contributed by atoms with Gasteiger partial charge in [0.15, 0.2) is 0 Å². The number of hydrogen-bond acceptors (Lipinski definition) is 3.